The third kappa shape index (κ3) is 3.44. The molecule has 5 rings (SSSR count). The Kier molecular flexibility index (Phi) is 4.43. The van der Waals surface area contributed by atoms with Crippen LogP contribution in [-0.4, -0.2) is 52.1 Å². The number of oxazole rings is 1. The van der Waals surface area contributed by atoms with Crippen molar-refractivity contribution >= 4 is 27.8 Å². The van der Waals surface area contributed by atoms with Gasteiger partial charge in [0.25, 0.3) is 0 Å². The lowest BCUT2D eigenvalue weighted by atomic mass is 10.1. The molecule has 1 aliphatic heterocycles. The number of nitrogens with zero attached hydrogens (tertiary/aromatic N) is 5. The minimum absolute atomic E-state index is 0.599. The lowest BCUT2D eigenvalue weighted by Crippen LogP contribution is -2.48. The van der Waals surface area contributed by atoms with Gasteiger partial charge in [-0.2, -0.15) is 0 Å². The van der Waals surface area contributed by atoms with E-state index in [2.05, 4.69) is 39.7 Å². The molecule has 0 radical (unpaired) electrons. The van der Waals surface area contributed by atoms with Crippen molar-refractivity contribution in [1.29, 1.82) is 0 Å². The molecule has 0 spiro atoms. The SMILES string of the molecule is Cc1nc2cc(-c3ccc4ncc(N5CCN(C(C)C)CC5)cc4n3)ccc2o1. The van der Waals surface area contributed by atoms with Gasteiger partial charge in [0.2, 0.25) is 0 Å². The molecule has 0 saturated carbocycles. The highest BCUT2D eigenvalue weighted by Crippen LogP contribution is 2.26. The van der Waals surface area contributed by atoms with Crippen LogP contribution in [0, 0.1) is 6.92 Å². The average molecular weight is 387 g/mol. The van der Waals surface area contributed by atoms with E-state index in [4.69, 9.17) is 9.40 Å². The van der Waals surface area contributed by atoms with Crippen LogP contribution >= 0.6 is 0 Å². The fourth-order valence-electron chi connectivity index (χ4n) is 4.03. The maximum atomic E-state index is 5.58. The number of piperazine rings is 1. The minimum atomic E-state index is 0.599. The Hall–Kier alpha value is -2.99. The van der Waals surface area contributed by atoms with Crippen LogP contribution in [0.4, 0.5) is 5.69 Å². The molecule has 0 atom stereocenters. The summed E-state index contributed by atoms with van der Waals surface area (Å²) in [6, 6.07) is 12.8. The Bertz CT molecular complexity index is 1170. The first-order chi connectivity index (χ1) is 14.1. The first-order valence-corrected chi connectivity index (χ1v) is 10.2. The van der Waals surface area contributed by atoms with Crippen LogP contribution < -0.4 is 4.90 Å². The predicted octanol–water partition coefficient (Wildman–Crippen LogP) is 4.28. The summed E-state index contributed by atoms with van der Waals surface area (Å²) in [4.78, 5) is 18.9. The Morgan fingerprint density at radius 1 is 0.897 bits per heavy atom. The highest BCUT2D eigenvalue weighted by molar-refractivity contribution is 5.84. The number of anilines is 1. The summed E-state index contributed by atoms with van der Waals surface area (Å²) in [5.41, 5.74) is 6.59. The molecule has 0 bridgehead atoms. The topological polar surface area (TPSA) is 58.3 Å². The van der Waals surface area contributed by atoms with E-state index in [1.807, 2.05) is 43.5 Å². The molecule has 148 valence electrons. The Morgan fingerprint density at radius 2 is 1.72 bits per heavy atom. The quantitative estimate of drug-likeness (QED) is 0.523. The Balaban J connectivity index is 1.46. The Morgan fingerprint density at radius 3 is 2.52 bits per heavy atom. The minimum Gasteiger partial charge on any atom is -0.441 e. The third-order valence-electron chi connectivity index (χ3n) is 5.72. The zero-order valence-electron chi connectivity index (χ0n) is 17.1. The molecule has 0 amide bonds. The summed E-state index contributed by atoms with van der Waals surface area (Å²) >= 11 is 0. The number of hydrogen-bond acceptors (Lipinski definition) is 6. The second-order valence-corrected chi connectivity index (χ2v) is 7.96. The molecule has 29 heavy (non-hydrogen) atoms. The van der Waals surface area contributed by atoms with Gasteiger partial charge in [-0.25, -0.2) is 9.97 Å². The first-order valence-electron chi connectivity index (χ1n) is 10.2. The summed E-state index contributed by atoms with van der Waals surface area (Å²) in [5, 5.41) is 0. The summed E-state index contributed by atoms with van der Waals surface area (Å²) < 4.78 is 5.58. The van der Waals surface area contributed by atoms with Crippen LogP contribution in [0.15, 0.2) is 47.0 Å². The fourth-order valence-corrected chi connectivity index (χ4v) is 4.03. The summed E-state index contributed by atoms with van der Waals surface area (Å²) in [7, 11) is 0. The number of rotatable bonds is 3. The number of benzene rings is 1. The summed E-state index contributed by atoms with van der Waals surface area (Å²) in [6.45, 7) is 10.6. The maximum absolute atomic E-state index is 5.58. The number of hydrogen-bond donors (Lipinski definition) is 0. The van der Waals surface area contributed by atoms with Gasteiger partial charge in [0, 0.05) is 44.7 Å². The van der Waals surface area contributed by atoms with Crippen LogP contribution in [0.3, 0.4) is 0 Å². The monoisotopic (exact) mass is 387 g/mol. The Labute approximate surface area is 170 Å². The highest BCUT2D eigenvalue weighted by atomic mass is 16.3. The number of pyridine rings is 2. The zero-order valence-corrected chi connectivity index (χ0v) is 17.1. The van der Waals surface area contributed by atoms with Crippen LogP contribution in [0.5, 0.6) is 0 Å². The van der Waals surface area contributed by atoms with E-state index in [0.29, 0.717) is 11.9 Å². The van der Waals surface area contributed by atoms with Gasteiger partial charge in [0.15, 0.2) is 11.5 Å². The predicted molar refractivity (Wildman–Crippen MR) is 116 cm³/mol. The lowest BCUT2D eigenvalue weighted by molar-refractivity contribution is 0.209. The van der Waals surface area contributed by atoms with Crippen LogP contribution in [0.25, 0.3) is 33.4 Å². The van der Waals surface area contributed by atoms with Crippen LogP contribution in [0.1, 0.15) is 19.7 Å². The van der Waals surface area contributed by atoms with Gasteiger partial charge >= 0.3 is 0 Å². The fraction of sp³-hybridized carbons (Fsp3) is 0.348. The van der Waals surface area contributed by atoms with E-state index in [0.717, 1.165) is 65.3 Å². The van der Waals surface area contributed by atoms with Gasteiger partial charge in [-0.15, -0.1) is 0 Å². The third-order valence-corrected chi connectivity index (χ3v) is 5.72. The lowest BCUT2D eigenvalue weighted by Gasteiger charge is -2.38. The molecule has 0 N–H and O–H groups in total. The molecule has 3 aromatic heterocycles. The number of aromatic nitrogens is 3. The number of fused-ring (bicyclic) bond motifs is 2. The van der Waals surface area contributed by atoms with Crippen molar-refractivity contribution in [3.63, 3.8) is 0 Å². The van der Waals surface area contributed by atoms with Gasteiger partial charge in [-0.3, -0.25) is 9.88 Å². The van der Waals surface area contributed by atoms with Crippen molar-refractivity contribution in [2.45, 2.75) is 26.8 Å². The van der Waals surface area contributed by atoms with Gasteiger partial charge in [0.05, 0.1) is 28.6 Å². The van der Waals surface area contributed by atoms with E-state index >= 15 is 0 Å². The second kappa shape index (κ2) is 7.12. The van der Waals surface area contributed by atoms with Crippen LogP contribution in [0.2, 0.25) is 0 Å². The largest absolute Gasteiger partial charge is 0.441 e. The van der Waals surface area contributed by atoms with Crippen molar-refractivity contribution < 1.29 is 4.42 Å². The second-order valence-electron chi connectivity index (χ2n) is 7.96. The standard InChI is InChI=1S/C23H25N5O/c1-15(2)27-8-10-28(11-9-27)18-13-21-20(24-14-18)6-5-19(26-21)17-4-7-23-22(12-17)25-16(3)29-23/h4-7,12-15H,8-11H2,1-3H3. The molecule has 1 aliphatic rings. The maximum Gasteiger partial charge on any atom is 0.192 e. The normalized spacial score (nSPS) is 15.7. The number of aryl methyl sites for hydroxylation is 1. The average Bonchev–Trinajstić information content (AvgIpc) is 3.12. The molecule has 1 saturated heterocycles. The van der Waals surface area contributed by atoms with Crippen LogP contribution in [-0.2, 0) is 0 Å². The van der Waals surface area contributed by atoms with E-state index in [1.54, 1.807) is 0 Å². The van der Waals surface area contributed by atoms with E-state index < -0.39 is 0 Å². The summed E-state index contributed by atoms with van der Waals surface area (Å²) in [5.74, 6) is 0.676. The molecule has 1 fully saturated rings. The summed E-state index contributed by atoms with van der Waals surface area (Å²) in [6.07, 6.45) is 1.97. The molecule has 6 heteroatoms. The van der Waals surface area contributed by atoms with E-state index in [9.17, 15) is 0 Å². The van der Waals surface area contributed by atoms with Gasteiger partial charge in [-0.1, -0.05) is 0 Å². The molecular formula is C23H25N5O. The van der Waals surface area contributed by atoms with Gasteiger partial charge < -0.3 is 9.32 Å². The van der Waals surface area contributed by atoms with Gasteiger partial charge in [-0.05, 0) is 50.2 Å². The highest BCUT2D eigenvalue weighted by Gasteiger charge is 2.19. The molecular weight excluding hydrogens is 362 g/mol. The van der Waals surface area contributed by atoms with E-state index in [1.165, 1.54) is 0 Å². The van der Waals surface area contributed by atoms with Gasteiger partial charge in [0.1, 0.15) is 5.52 Å². The van der Waals surface area contributed by atoms with Crippen molar-refractivity contribution in [2.24, 2.45) is 0 Å². The van der Waals surface area contributed by atoms with Crippen molar-refractivity contribution in [1.82, 2.24) is 19.9 Å². The van der Waals surface area contributed by atoms with Crippen molar-refractivity contribution in [3.05, 3.63) is 48.5 Å². The molecule has 1 aromatic carbocycles. The molecule has 4 aromatic rings. The first kappa shape index (κ1) is 18.1. The molecule has 6 nitrogen and oxygen atoms in total. The van der Waals surface area contributed by atoms with Crippen molar-refractivity contribution in [2.75, 3.05) is 31.1 Å². The molecule has 0 aliphatic carbocycles. The smallest absolute Gasteiger partial charge is 0.192 e. The molecule has 4 heterocycles. The van der Waals surface area contributed by atoms with Crippen molar-refractivity contribution in [3.8, 4) is 11.3 Å². The zero-order chi connectivity index (χ0) is 20.0. The van der Waals surface area contributed by atoms with E-state index in [-0.39, 0.29) is 0 Å². The molecule has 0 unspecified atom stereocenters.